The van der Waals surface area contributed by atoms with Crippen molar-refractivity contribution in [1.29, 1.82) is 0 Å². The van der Waals surface area contributed by atoms with Crippen LogP contribution >= 0.6 is 11.6 Å². The Kier molecular flexibility index (Phi) is 7.45. The van der Waals surface area contributed by atoms with Gasteiger partial charge in [-0.1, -0.05) is 0 Å². The first-order valence-corrected chi connectivity index (χ1v) is 6.90. The Hall–Kier alpha value is -0.530. The molecule has 0 aliphatic rings. The minimum Gasteiger partial charge on any atom is -0.338 e. The zero-order valence-corrected chi connectivity index (χ0v) is 10.1. The van der Waals surface area contributed by atoms with Crippen LogP contribution < -0.4 is 15.4 Å². The molecule has 2 amide bonds. The number of alkyl halides is 1. The average Bonchev–Trinajstić information content (AvgIpc) is 2.12. The number of rotatable bonds is 7. The summed E-state index contributed by atoms with van der Waals surface area (Å²) in [6.07, 6.45) is 1.63. The maximum Gasteiger partial charge on any atom is 0.314 e. The van der Waals surface area contributed by atoms with Crippen molar-refractivity contribution < 1.29 is 13.2 Å². The monoisotopic (exact) mass is 257 g/mol. The number of nitrogens with one attached hydrogen (secondary N) is 3. The molecule has 0 atom stereocenters. The smallest absolute Gasteiger partial charge is 0.314 e. The number of hydrogen-bond donors (Lipinski definition) is 3. The standard InChI is InChI=1S/C7H16ClN3O3S/c1-15(13,14)11-5-2-4-9-7(12)10-6-3-8/h11H,2-6H2,1H3,(H2,9,10,12). The number of carbonyl (C=O) groups excluding carboxylic acids is 1. The van der Waals surface area contributed by atoms with E-state index < -0.39 is 10.0 Å². The highest BCUT2D eigenvalue weighted by molar-refractivity contribution is 7.88. The van der Waals surface area contributed by atoms with Gasteiger partial charge >= 0.3 is 6.03 Å². The molecule has 0 aromatic carbocycles. The van der Waals surface area contributed by atoms with Gasteiger partial charge in [-0.15, -0.1) is 11.6 Å². The highest BCUT2D eigenvalue weighted by Crippen LogP contribution is 1.78. The van der Waals surface area contributed by atoms with Gasteiger partial charge in [0.1, 0.15) is 0 Å². The normalized spacial score (nSPS) is 11.1. The molecule has 6 nitrogen and oxygen atoms in total. The van der Waals surface area contributed by atoms with Crippen LogP contribution in [0.3, 0.4) is 0 Å². The van der Waals surface area contributed by atoms with E-state index in [1.165, 1.54) is 0 Å². The SMILES string of the molecule is CS(=O)(=O)NCCCNC(=O)NCCCl. The van der Waals surface area contributed by atoms with Crippen molar-refractivity contribution >= 4 is 27.7 Å². The van der Waals surface area contributed by atoms with Crippen LogP contribution in [-0.4, -0.2) is 46.2 Å². The van der Waals surface area contributed by atoms with E-state index in [9.17, 15) is 13.2 Å². The fourth-order valence-corrected chi connectivity index (χ4v) is 1.38. The summed E-state index contributed by atoms with van der Waals surface area (Å²) in [5.41, 5.74) is 0. The summed E-state index contributed by atoms with van der Waals surface area (Å²) < 4.78 is 23.6. The zero-order valence-electron chi connectivity index (χ0n) is 8.55. The number of amides is 2. The third-order valence-electron chi connectivity index (χ3n) is 1.38. The van der Waals surface area contributed by atoms with Gasteiger partial charge in [0.2, 0.25) is 10.0 Å². The number of carbonyl (C=O) groups is 1. The van der Waals surface area contributed by atoms with Crippen LogP contribution in [0.4, 0.5) is 4.79 Å². The first-order valence-electron chi connectivity index (χ1n) is 4.48. The van der Waals surface area contributed by atoms with Crippen LogP contribution in [0.1, 0.15) is 6.42 Å². The molecule has 0 saturated heterocycles. The molecule has 0 saturated carbocycles. The number of sulfonamides is 1. The van der Waals surface area contributed by atoms with Gasteiger partial charge in [0.25, 0.3) is 0 Å². The van der Waals surface area contributed by atoms with Gasteiger partial charge in [-0.05, 0) is 6.42 Å². The Bertz CT molecular complexity index is 281. The summed E-state index contributed by atoms with van der Waals surface area (Å²) in [5, 5.41) is 5.08. The number of urea groups is 1. The molecule has 0 aliphatic heterocycles. The zero-order chi connectivity index (χ0) is 11.7. The largest absolute Gasteiger partial charge is 0.338 e. The molecule has 0 radical (unpaired) electrons. The maximum absolute atomic E-state index is 10.9. The first-order chi connectivity index (χ1) is 6.95. The molecule has 0 aromatic rings. The van der Waals surface area contributed by atoms with Gasteiger partial charge in [-0.25, -0.2) is 17.9 Å². The second kappa shape index (κ2) is 7.72. The van der Waals surface area contributed by atoms with E-state index in [0.717, 1.165) is 6.26 Å². The predicted octanol–water partition coefficient (Wildman–Crippen LogP) is -0.536. The van der Waals surface area contributed by atoms with E-state index in [-0.39, 0.29) is 6.03 Å². The van der Waals surface area contributed by atoms with Crippen LogP contribution in [0.25, 0.3) is 0 Å². The van der Waals surface area contributed by atoms with E-state index in [1.807, 2.05) is 0 Å². The molecule has 0 unspecified atom stereocenters. The molecule has 90 valence electrons. The van der Waals surface area contributed by atoms with Crippen molar-refractivity contribution in [2.24, 2.45) is 0 Å². The topological polar surface area (TPSA) is 87.3 Å². The molecule has 0 aliphatic carbocycles. The second-order valence-corrected chi connectivity index (χ2v) is 5.10. The highest BCUT2D eigenvalue weighted by Gasteiger charge is 2.00. The first kappa shape index (κ1) is 14.5. The summed E-state index contributed by atoms with van der Waals surface area (Å²) in [6, 6.07) is -0.296. The lowest BCUT2D eigenvalue weighted by Gasteiger charge is -2.06. The van der Waals surface area contributed by atoms with Crippen LogP contribution in [0.2, 0.25) is 0 Å². The van der Waals surface area contributed by atoms with Crippen molar-refractivity contribution in [2.45, 2.75) is 6.42 Å². The van der Waals surface area contributed by atoms with E-state index in [2.05, 4.69) is 15.4 Å². The molecule has 0 fully saturated rings. The van der Waals surface area contributed by atoms with Gasteiger partial charge in [0.05, 0.1) is 6.26 Å². The second-order valence-electron chi connectivity index (χ2n) is 2.89. The van der Waals surface area contributed by atoms with Crippen molar-refractivity contribution in [3.05, 3.63) is 0 Å². The van der Waals surface area contributed by atoms with Crippen molar-refractivity contribution in [3.8, 4) is 0 Å². The molecule has 0 heterocycles. The third-order valence-corrected chi connectivity index (χ3v) is 2.30. The molecule has 15 heavy (non-hydrogen) atoms. The van der Waals surface area contributed by atoms with Gasteiger partial charge in [0.15, 0.2) is 0 Å². The lowest BCUT2D eigenvalue weighted by Crippen LogP contribution is -2.38. The Morgan fingerprint density at radius 2 is 1.80 bits per heavy atom. The van der Waals surface area contributed by atoms with Gasteiger partial charge < -0.3 is 10.6 Å². The fraction of sp³-hybridized carbons (Fsp3) is 0.857. The summed E-state index contributed by atoms with van der Waals surface area (Å²) in [7, 11) is -3.13. The van der Waals surface area contributed by atoms with Crippen LogP contribution in [0.5, 0.6) is 0 Å². The lowest BCUT2D eigenvalue weighted by molar-refractivity contribution is 0.241. The summed E-state index contributed by atoms with van der Waals surface area (Å²) >= 11 is 5.36. The molecule has 8 heteroatoms. The van der Waals surface area contributed by atoms with E-state index >= 15 is 0 Å². The molecule has 0 bridgehead atoms. The van der Waals surface area contributed by atoms with Crippen LogP contribution in [-0.2, 0) is 10.0 Å². The van der Waals surface area contributed by atoms with Crippen molar-refractivity contribution in [1.82, 2.24) is 15.4 Å². The quantitative estimate of drug-likeness (QED) is 0.423. The average molecular weight is 258 g/mol. The van der Waals surface area contributed by atoms with E-state index in [1.54, 1.807) is 0 Å². The molecule has 0 rings (SSSR count). The fourth-order valence-electron chi connectivity index (χ4n) is 0.771. The number of halogens is 1. The van der Waals surface area contributed by atoms with Crippen LogP contribution in [0, 0.1) is 0 Å². The molecule has 0 spiro atoms. The molecular formula is C7H16ClN3O3S. The van der Waals surface area contributed by atoms with Gasteiger partial charge in [0, 0.05) is 25.5 Å². The predicted molar refractivity (Wildman–Crippen MR) is 59.6 cm³/mol. The highest BCUT2D eigenvalue weighted by atomic mass is 35.5. The summed E-state index contributed by atoms with van der Waals surface area (Å²) in [5.74, 6) is 0.364. The van der Waals surface area contributed by atoms with Crippen molar-refractivity contribution in [2.75, 3.05) is 31.8 Å². The van der Waals surface area contributed by atoms with Gasteiger partial charge in [-0.3, -0.25) is 0 Å². The summed E-state index contributed by atoms with van der Waals surface area (Å²) in [4.78, 5) is 10.9. The van der Waals surface area contributed by atoms with Crippen molar-refractivity contribution in [3.63, 3.8) is 0 Å². The minimum atomic E-state index is -3.13. The van der Waals surface area contributed by atoms with E-state index in [0.29, 0.717) is 31.9 Å². The third kappa shape index (κ3) is 11.4. The maximum atomic E-state index is 10.9. The molecule has 3 N–H and O–H groups in total. The molecule has 0 aromatic heterocycles. The Morgan fingerprint density at radius 3 is 2.33 bits per heavy atom. The lowest BCUT2D eigenvalue weighted by atomic mass is 10.4. The Morgan fingerprint density at radius 1 is 1.20 bits per heavy atom. The molecular weight excluding hydrogens is 242 g/mol. The van der Waals surface area contributed by atoms with Gasteiger partial charge in [-0.2, -0.15) is 0 Å². The summed E-state index contributed by atoms with van der Waals surface area (Å²) in [6.45, 7) is 1.14. The Labute approximate surface area is 94.8 Å². The number of hydrogen-bond acceptors (Lipinski definition) is 3. The van der Waals surface area contributed by atoms with Crippen LogP contribution in [0.15, 0.2) is 0 Å². The minimum absolute atomic E-state index is 0.296. The van der Waals surface area contributed by atoms with E-state index in [4.69, 9.17) is 11.6 Å². The Balaban J connectivity index is 3.35.